The molecule has 1 aliphatic rings. The van der Waals surface area contributed by atoms with Crippen LogP contribution in [0.5, 0.6) is 5.75 Å². The van der Waals surface area contributed by atoms with Crippen LogP contribution in [0.4, 0.5) is 0 Å². The minimum atomic E-state index is -0.500. The number of carbonyl (C=O) groups excluding carboxylic acids is 1. The van der Waals surface area contributed by atoms with Crippen LogP contribution in [0.1, 0.15) is 110 Å². The highest BCUT2D eigenvalue weighted by Gasteiger charge is 2.33. The van der Waals surface area contributed by atoms with E-state index in [0.29, 0.717) is 17.4 Å². The summed E-state index contributed by atoms with van der Waals surface area (Å²) in [5.41, 5.74) is 3.30. The molecule has 3 rings (SSSR count). The molecule has 7 heteroatoms. The van der Waals surface area contributed by atoms with Gasteiger partial charge < -0.3 is 21.1 Å². The van der Waals surface area contributed by atoms with Crippen molar-refractivity contribution in [3.8, 4) is 5.75 Å². The molecule has 0 bridgehead atoms. The number of hydrogen-bond acceptors (Lipinski definition) is 4. The van der Waals surface area contributed by atoms with Crippen LogP contribution in [0.25, 0.3) is 0 Å². The number of hydrogen-bond donors (Lipinski definition) is 4. The van der Waals surface area contributed by atoms with E-state index in [2.05, 4.69) is 69.6 Å². The van der Waals surface area contributed by atoms with Gasteiger partial charge in [-0.15, -0.1) is 0 Å². The molecule has 3 atom stereocenters. The van der Waals surface area contributed by atoms with Crippen LogP contribution in [0.2, 0.25) is 0 Å². The largest absolute Gasteiger partial charge is 0.507 e. The number of phenols is 1. The first-order valence-electron chi connectivity index (χ1n) is 15.3. The number of nitrogens with one attached hydrogen (secondary N) is 3. The lowest BCUT2D eigenvalue weighted by Crippen LogP contribution is -2.58. The molecule has 0 aliphatic heterocycles. The number of benzene rings is 2. The molecule has 6 nitrogen and oxygen atoms in total. The number of aromatic hydroxyl groups is 1. The zero-order valence-corrected chi connectivity index (χ0v) is 27.9. The highest BCUT2D eigenvalue weighted by molar-refractivity contribution is 7.80. The summed E-state index contributed by atoms with van der Waals surface area (Å²) in [5, 5.41) is 21.5. The number of carbonyl (C=O) groups is 1. The van der Waals surface area contributed by atoms with Gasteiger partial charge in [-0.3, -0.25) is 9.79 Å². The van der Waals surface area contributed by atoms with Crippen molar-refractivity contribution in [1.82, 2.24) is 16.0 Å². The normalized spacial score (nSPS) is 18.9. The van der Waals surface area contributed by atoms with Gasteiger partial charge in [0.1, 0.15) is 11.8 Å². The first kappa shape index (κ1) is 33.6. The maximum Gasteiger partial charge on any atom is 0.243 e. The van der Waals surface area contributed by atoms with Crippen molar-refractivity contribution in [2.45, 2.75) is 123 Å². The fraction of sp³-hybridized carbons (Fsp3) is 0.571. The number of amides is 1. The smallest absolute Gasteiger partial charge is 0.243 e. The summed E-state index contributed by atoms with van der Waals surface area (Å²) in [6, 6.07) is 13.6. The van der Waals surface area contributed by atoms with Crippen molar-refractivity contribution < 1.29 is 9.90 Å². The van der Waals surface area contributed by atoms with Gasteiger partial charge in [-0.25, -0.2) is 0 Å². The van der Waals surface area contributed by atoms with E-state index in [1.807, 2.05) is 57.3 Å². The Morgan fingerprint density at radius 2 is 1.64 bits per heavy atom. The first-order chi connectivity index (χ1) is 19.5. The predicted octanol–water partition coefficient (Wildman–Crippen LogP) is 6.91. The predicted molar refractivity (Wildman–Crippen MR) is 180 cm³/mol. The molecule has 0 heterocycles. The molecule has 1 amide bonds. The second kappa shape index (κ2) is 13.6. The van der Waals surface area contributed by atoms with Crippen molar-refractivity contribution >= 4 is 29.5 Å². The molecule has 0 aromatic heterocycles. The van der Waals surface area contributed by atoms with Crippen molar-refractivity contribution in [3.63, 3.8) is 0 Å². The Balaban J connectivity index is 1.75. The Morgan fingerprint density at radius 3 is 2.24 bits per heavy atom. The lowest BCUT2D eigenvalue weighted by molar-refractivity contribution is -0.125. The molecule has 0 unspecified atom stereocenters. The van der Waals surface area contributed by atoms with Gasteiger partial charge in [0.25, 0.3) is 0 Å². The maximum atomic E-state index is 13.2. The summed E-state index contributed by atoms with van der Waals surface area (Å²) in [6.07, 6.45) is 5.89. The van der Waals surface area contributed by atoms with Gasteiger partial charge in [-0.05, 0) is 58.5 Å². The standard InChI is InChI=1S/C35H52N4O2S/c1-33(2,3)25-19-24(29(40)26(20-25)34(4,5)6)22-36-27-17-13-14-18-28(27)38-32(42)39-30(35(7,8)9)31(41)37-21-23-15-11-10-12-16-23/h10-12,15-16,19-20,22,27-28,30,40H,13-14,17-18,21H2,1-9H3,(H,37,41)(H2,38,39,42)/t27-,28-,30-/m1/s1. The lowest BCUT2D eigenvalue weighted by atomic mass is 9.79. The Morgan fingerprint density at radius 1 is 1.00 bits per heavy atom. The molecule has 0 spiro atoms. The second-order valence-electron chi connectivity index (χ2n) is 14.8. The molecule has 4 N–H and O–H groups in total. The number of rotatable bonds is 7. The van der Waals surface area contributed by atoms with Crippen LogP contribution < -0.4 is 16.0 Å². The summed E-state index contributed by atoms with van der Waals surface area (Å²) in [5.74, 6) is 0.212. The average molecular weight is 593 g/mol. The second-order valence-corrected chi connectivity index (χ2v) is 15.2. The molecule has 1 saturated carbocycles. The van der Waals surface area contributed by atoms with Gasteiger partial charge in [0, 0.05) is 23.9 Å². The van der Waals surface area contributed by atoms with Crippen LogP contribution in [0, 0.1) is 5.41 Å². The van der Waals surface area contributed by atoms with Crippen molar-refractivity contribution in [2.75, 3.05) is 0 Å². The SMILES string of the molecule is CC(C)(C)c1cc(C=N[C@@H]2CCCC[C@H]2NC(=S)N[C@H](C(=O)NCc2ccccc2)C(C)(C)C)c(O)c(C(C)(C)C)c1. The topological polar surface area (TPSA) is 85.8 Å². The summed E-state index contributed by atoms with van der Waals surface area (Å²) < 4.78 is 0. The van der Waals surface area contributed by atoms with E-state index < -0.39 is 6.04 Å². The van der Waals surface area contributed by atoms with Gasteiger partial charge in [-0.1, -0.05) is 112 Å². The minimum absolute atomic E-state index is 0.00859. The number of nitrogens with zero attached hydrogens (tertiary/aromatic N) is 1. The lowest BCUT2D eigenvalue weighted by Gasteiger charge is -2.34. The molecular weight excluding hydrogens is 540 g/mol. The third-order valence-electron chi connectivity index (χ3n) is 7.98. The monoisotopic (exact) mass is 592 g/mol. The summed E-state index contributed by atoms with van der Waals surface area (Å²) in [7, 11) is 0. The summed E-state index contributed by atoms with van der Waals surface area (Å²) in [4.78, 5) is 18.2. The van der Waals surface area contributed by atoms with Crippen molar-refractivity contribution in [2.24, 2.45) is 10.4 Å². The van der Waals surface area contributed by atoms with E-state index in [4.69, 9.17) is 17.2 Å². The van der Waals surface area contributed by atoms with Crippen molar-refractivity contribution in [1.29, 1.82) is 0 Å². The van der Waals surface area contributed by atoms with Gasteiger partial charge in [0.05, 0.1) is 12.1 Å². The maximum absolute atomic E-state index is 13.2. The highest BCUT2D eigenvalue weighted by Crippen LogP contribution is 2.37. The van der Waals surface area contributed by atoms with Gasteiger partial charge in [0.15, 0.2) is 5.11 Å². The Kier molecular flexibility index (Phi) is 10.9. The summed E-state index contributed by atoms with van der Waals surface area (Å²) in [6.45, 7) is 19.5. The Labute approximate surface area is 259 Å². The van der Waals surface area contributed by atoms with Crippen LogP contribution in [-0.2, 0) is 22.2 Å². The molecule has 1 aliphatic carbocycles. The molecule has 230 valence electrons. The van der Waals surface area contributed by atoms with Gasteiger partial charge in [-0.2, -0.15) is 0 Å². The van der Waals surface area contributed by atoms with E-state index in [9.17, 15) is 9.90 Å². The molecule has 2 aromatic rings. The van der Waals surface area contributed by atoms with Crippen molar-refractivity contribution in [3.05, 3.63) is 64.7 Å². The van der Waals surface area contributed by atoms with Crippen LogP contribution in [0.15, 0.2) is 47.5 Å². The van der Waals surface area contributed by atoms with E-state index in [0.717, 1.165) is 42.4 Å². The minimum Gasteiger partial charge on any atom is -0.507 e. The quantitative estimate of drug-likeness (QED) is 0.207. The third-order valence-corrected chi connectivity index (χ3v) is 8.21. The van der Waals surface area contributed by atoms with E-state index in [1.165, 1.54) is 5.56 Å². The number of aliphatic imine (C=N–C) groups is 1. The Bertz CT molecular complexity index is 1250. The molecule has 42 heavy (non-hydrogen) atoms. The third kappa shape index (κ3) is 9.29. The molecule has 0 radical (unpaired) electrons. The molecular formula is C35H52N4O2S. The van der Waals surface area contributed by atoms with Gasteiger partial charge >= 0.3 is 0 Å². The molecule has 2 aromatic carbocycles. The molecule has 0 saturated heterocycles. The first-order valence-corrected chi connectivity index (χ1v) is 15.7. The fourth-order valence-electron chi connectivity index (χ4n) is 5.30. The zero-order chi connectivity index (χ0) is 31.3. The van der Waals surface area contributed by atoms with Crippen LogP contribution in [-0.4, -0.2) is 40.5 Å². The van der Waals surface area contributed by atoms with E-state index in [1.54, 1.807) is 0 Å². The fourth-order valence-corrected chi connectivity index (χ4v) is 5.57. The van der Waals surface area contributed by atoms with Crippen LogP contribution >= 0.6 is 12.2 Å². The number of phenolic OH excluding ortho intramolecular Hbond substituents is 1. The van der Waals surface area contributed by atoms with Gasteiger partial charge in [0.2, 0.25) is 5.91 Å². The van der Waals surface area contributed by atoms with E-state index >= 15 is 0 Å². The summed E-state index contributed by atoms with van der Waals surface area (Å²) >= 11 is 5.75. The van der Waals surface area contributed by atoms with Crippen LogP contribution in [0.3, 0.4) is 0 Å². The van der Waals surface area contributed by atoms with E-state index in [-0.39, 0.29) is 34.2 Å². The Hall–Kier alpha value is -2.93. The number of thiocarbonyl (C=S) groups is 1. The zero-order valence-electron chi connectivity index (χ0n) is 27.1. The molecule has 1 fully saturated rings. The average Bonchev–Trinajstić information content (AvgIpc) is 2.89. The highest BCUT2D eigenvalue weighted by atomic mass is 32.1.